The summed E-state index contributed by atoms with van der Waals surface area (Å²) >= 11 is 1.53. The first kappa shape index (κ1) is 13.5. The van der Waals surface area contributed by atoms with Gasteiger partial charge in [-0.15, -0.1) is 11.3 Å². The molecule has 1 aromatic carbocycles. The van der Waals surface area contributed by atoms with Gasteiger partial charge in [-0.05, 0) is 17.7 Å². The number of methoxy groups -OCH3 is 2. The summed E-state index contributed by atoms with van der Waals surface area (Å²) in [5.41, 5.74) is 8.35. The third-order valence-electron chi connectivity index (χ3n) is 3.14. The number of ether oxygens (including phenoxy) is 2. The van der Waals surface area contributed by atoms with Crippen molar-refractivity contribution in [1.29, 1.82) is 0 Å². The topological polar surface area (TPSA) is 70.5 Å². The first-order chi connectivity index (χ1) is 10.2. The van der Waals surface area contributed by atoms with Gasteiger partial charge in [-0.2, -0.15) is 0 Å². The molecule has 2 N–H and O–H groups in total. The molecule has 3 rings (SSSR count). The molecule has 108 valence electrons. The Bertz CT molecular complexity index is 747. The molecule has 6 heteroatoms. The van der Waals surface area contributed by atoms with Gasteiger partial charge in [0.25, 0.3) is 0 Å². The lowest BCUT2D eigenvalue weighted by molar-refractivity contribution is 0.415. The van der Waals surface area contributed by atoms with Crippen molar-refractivity contribution < 1.29 is 14.0 Å². The van der Waals surface area contributed by atoms with Crippen LogP contribution in [0.25, 0.3) is 21.7 Å². The van der Waals surface area contributed by atoms with Gasteiger partial charge in [0.2, 0.25) is 5.88 Å². The van der Waals surface area contributed by atoms with Crippen molar-refractivity contribution >= 4 is 17.2 Å². The van der Waals surface area contributed by atoms with E-state index in [1.54, 1.807) is 14.2 Å². The molecule has 0 aliphatic heterocycles. The fraction of sp³-hybridized carbons (Fsp3) is 0.133. The summed E-state index contributed by atoms with van der Waals surface area (Å²) in [7, 11) is 3.26. The number of benzene rings is 1. The van der Waals surface area contributed by atoms with Gasteiger partial charge < -0.3 is 19.7 Å². The molecule has 2 aromatic heterocycles. The van der Waals surface area contributed by atoms with Crippen LogP contribution in [-0.2, 0) is 0 Å². The maximum absolute atomic E-state index is 5.93. The van der Waals surface area contributed by atoms with E-state index in [1.165, 1.54) is 11.3 Å². The zero-order valence-corrected chi connectivity index (χ0v) is 12.4. The maximum Gasteiger partial charge on any atom is 0.230 e. The Morgan fingerprint density at radius 3 is 2.43 bits per heavy atom. The number of thiophene rings is 1. The van der Waals surface area contributed by atoms with Gasteiger partial charge in [0.15, 0.2) is 0 Å². The van der Waals surface area contributed by atoms with E-state index >= 15 is 0 Å². The molecule has 3 aromatic rings. The molecule has 21 heavy (non-hydrogen) atoms. The number of nitrogens with zero attached hydrogens (tertiary/aromatic N) is 1. The molecule has 0 atom stereocenters. The van der Waals surface area contributed by atoms with E-state index in [1.807, 2.05) is 35.7 Å². The van der Waals surface area contributed by atoms with Crippen LogP contribution in [0.1, 0.15) is 0 Å². The number of rotatable bonds is 4. The number of nitrogen functional groups attached to an aromatic ring is 1. The minimum absolute atomic E-state index is 0.294. The molecule has 2 heterocycles. The predicted octanol–water partition coefficient (Wildman–Crippen LogP) is 3.67. The number of anilines is 1. The second-order valence-corrected chi connectivity index (χ2v) is 5.26. The summed E-state index contributed by atoms with van der Waals surface area (Å²) in [5.74, 6) is 1.87. The molecule has 0 unspecified atom stereocenters. The third kappa shape index (κ3) is 2.45. The molecule has 0 saturated carbocycles. The highest BCUT2D eigenvalue weighted by Crippen LogP contribution is 2.40. The Morgan fingerprint density at radius 2 is 1.81 bits per heavy atom. The summed E-state index contributed by atoms with van der Waals surface area (Å²) in [4.78, 5) is 0.943. The van der Waals surface area contributed by atoms with Crippen molar-refractivity contribution in [1.82, 2.24) is 5.16 Å². The number of hydrogen-bond acceptors (Lipinski definition) is 6. The molecule has 0 spiro atoms. The van der Waals surface area contributed by atoms with Crippen molar-refractivity contribution in [2.75, 3.05) is 20.0 Å². The van der Waals surface area contributed by atoms with E-state index in [2.05, 4.69) is 5.16 Å². The summed E-state index contributed by atoms with van der Waals surface area (Å²) in [6, 6.07) is 9.52. The van der Waals surface area contributed by atoms with Crippen LogP contribution in [0.4, 0.5) is 5.88 Å². The Labute approximate surface area is 125 Å². The van der Waals surface area contributed by atoms with Crippen molar-refractivity contribution in [3.63, 3.8) is 0 Å². The van der Waals surface area contributed by atoms with Gasteiger partial charge in [0, 0.05) is 11.4 Å². The van der Waals surface area contributed by atoms with E-state index in [0.29, 0.717) is 11.6 Å². The highest BCUT2D eigenvalue weighted by molar-refractivity contribution is 7.13. The molecular formula is C15H14N2O3S. The van der Waals surface area contributed by atoms with Crippen LogP contribution >= 0.6 is 11.3 Å². The van der Waals surface area contributed by atoms with E-state index < -0.39 is 0 Å². The molecular weight excluding hydrogens is 288 g/mol. The van der Waals surface area contributed by atoms with Crippen molar-refractivity contribution in [2.45, 2.75) is 0 Å². The van der Waals surface area contributed by atoms with Crippen LogP contribution in [0, 0.1) is 0 Å². The molecule has 0 radical (unpaired) electrons. The first-order valence-corrected chi connectivity index (χ1v) is 7.13. The van der Waals surface area contributed by atoms with E-state index in [0.717, 1.165) is 27.5 Å². The van der Waals surface area contributed by atoms with Crippen LogP contribution < -0.4 is 15.2 Å². The Morgan fingerprint density at radius 1 is 1.10 bits per heavy atom. The van der Waals surface area contributed by atoms with Gasteiger partial charge >= 0.3 is 0 Å². The summed E-state index contributed by atoms with van der Waals surface area (Å²) in [5, 5.41) is 5.99. The number of nitrogens with two attached hydrogens (primary N) is 1. The Hall–Kier alpha value is -2.47. The minimum Gasteiger partial charge on any atom is -0.497 e. The third-order valence-corrected chi connectivity index (χ3v) is 4.06. The van der Waals surface area contributed by atoms with Crippen LogP contribution in [0.5, 0.6) is 11.5 Å². The van der Waals surface area contributed by atoms with Gasteiger partial charge in [0.1, 0.15) is 17.2 Å². The Balaban J connectivity index is 2.07. The largest absolute Gasteiger partial charge is 0.497 e. The average Bonchev–Trinajstić information content (AvgIpc) is 3.13. The number of hydrogen-bond donors (Lipinski definition) is 1. The van der Waals surface area contributed by atoms with Gasteiger partial charge in [0.05, 0.1) is 24.7 Å². The maximum atomic E-state index is 5.93. The molecule has 0 aliphatic carbocycles. The van der Waals surface area contributed by atoms with Gasteiger partial charge in [-0.3, -0.25) is 0 Å². The minimum atomic E-state index is 0.294. The number of aromatic nitrogens is 1. The monoisotopic (exact) mass is 302 g/mol. The second kappa shape index (κ2) is 5.49. The summed E-state index contributed by atoms with van der Waals surface area (Å²) in [6.45, 7) is 0. The van der Waals surface area contributed by atoms with Crippen LogP contribution in [0.15, 0.2) is 40.2 Å². The summed E-state index contributed by atoms with van der Waals surface area (Å²) in [6.07, 6.45) is 0. The highest BCUT2D eigenvalue weighted by atomic mass is 32.1. The zero-order chi connectivity index (χ0) is 14.8. The second-order valence-electron chi connectivity index (χ2n) is 4.35. The fourth-order valence-corrected chi connectivity index (χ4v) is 2.90. The normalized spacial score (nSPS) is 10.6. The van der Waals surface area contributed by atoms with E-state index in [9.17, 15) is 0 Å². The molecule has 0 bridgehead atoms. The van der Waals surface area contributed by atoms with Gasteiger partial charge in [-0.25, -0.2) is 0 Å². The van der Waals surface area contributed by atoms with Crippen LogP contribution in [-0.4, -0.2) is 19.4 Å². The van der Waals surface area contributed by atoms with Crippen molar-refractivity contribution in [3.8, 4) is 33.2 Å². The quantitative estimate of drug-likeness (QED) is 0.796. The molecule has 0 aliphatic rings. The lowest BCUT2D eigenvalue weighted by Crippen LogP contribution is -1.88. The predicted molar refractivity (Wildman–Crippen MR) is 82.8 cm³/mol. The fourth-order valence-electron chi connectivity index (χ4n) is 2.06. The first-order valence-electron chi connectivity index (χ1n) is 6.25. The molecule has 0 fully saturated rings. The Kier molecular flexibility index (Phi) is 3.53. The summed E-state index contributed by atoms with van der Waals surface area (Å²) < 4.78 is 15.5. The smallest absolute Gasteiger partial charge is 0.230 e. The molecule has 5 nitrogen and oxygen atoms in total. The lowest BCUT2D eigenvalue weighted by Gasteiger charge is -2.03. The molecule has 0 saturated heterocycles. The van der Waals surface area contributed by atoms with E-state index in [-0.39, 0.29) is 0 Å². The highest BCUT2D eigenvalue weighted by Gasteiger charge is 2.19. The van der Waals surface area contributed by atoms with Crippen LogP contribution in [0.3, 0.4) is 0 Å². The van der Waals surface area contributed by atoms with Crippen molar-refractivity contribution in [3.05, 3.63) is 35.7 Å². The average molecular weight is 302 g/mol. The van der Waals surface area contributed by atoms with Crippen LogP contribution in [0.2, 0.25) is 0 Å². The van der Waals surface area contributed by atoms with Crippen molar-refractivity contribution in [2.24, 2.45) is 0 Å². The molecule has 0 amide bonds. The standard InChI is InChI=1S/C15H14N2O3S/c1-18-10-5-3-9(4-6-10)13-14(17-20-15(13)16)12-7-11(19-2)8-21-12/h3-8H,16H2,1-2H3. The zero-order valence-electron chi connectivity index (χ0n) is 11.6. The lowest BCUT2D eigenvalue weighted by atomic mass is 10.0. The van der Waals surface area contributed by atoms with Gasteiger partial charge in [-0.1, -0.05) is 17.3 Å². The van der Waals surface area contributed by atoms with E-state index in [4.69, 9.17) is 19.7 Å². The SMILES string of the molecule is COc1ccc(-c2c(-c3cc(OC)cs3)noc2N)cc1.